The van der Waals surface area contributed by atoms with Gasteiger partial charge in [0.1, 0.15) is 19.9 Å². The number of nitrogens with zero attached hydrogens (tertiary/aromatic N) is 1. The SMILES string of the molecule is BCNC(=O)CNC(=O)[C@H](CCCCN(CCC)CCC)NC(=O)[C@@H](NO)C(C)C. The first-order valence-corrected chi connectivity index (χ1v) is 11.3. The van der Waals surface area contributed by atoms with Gasteiger partial charge in [0.05, 0.1) is 6.54 Å². The van der Waals surface area contributed by atoms with Crippen LogP contribution in [0, 0.1) is 5.92 Å². The first kappa shape index (κ1) is 28.4. The standard InChI is InChI=1S/C20H42BN5O4/c1-5-10-26(11-6-2)12-8-7-9-16(19(28)22-13-17(27)23-14-21)24-20(29)18(25-30)15(3)4/h15-16,18,25,30H,5-14,21H2,1-4H3,(H,22,28)(H,23,27)(H,24,29)/t16-,18-/m0/s1. The molecule has 0 bridgehead atoms. The molecule has 174 valence electrons. The third-order valence-corrected chi connectivity index (χ3v) is 4.82. The molecule has 30 heavy (non-hydrogen) atoms. The Morgan fingerprint density at radius 2 is 1.60 bits per heavy atom. The zero-order valence-corrected chi connectivity index (χ0v) is 19.4. The van der Waals surface area contributed by atoms with Gasteiger partial charge in [-0.1, -0.05) is 27.7 Å². The number of nitrogens with one attached hydrogen (secondary N) is 4. The maximum atomic E-state index is 12.6. The summed E-state index contributed by atoms with van der Waals surface area (Å²) in [7, 11) is 1.80. The van der Waals surface area contributed by atoms with Crippen molar-refractivity contribution in [1.82, 2.24) is 26.3 Å². The smallest absolute Gasteiger partial charge is 0.243 e. The summed E-state index contributed by atoms with van der Waals surface area (Å²) in [6.45, 7) is 10.8. The number of hydrogen-bond donors (Lipinski definition) is 5. The highest BCUT2D eigenvalue weighted by Gasteiger charge is 2.27. The fourth-order valence-corrected chi connectivity index (χ4v) is 3.24. The van der Waals surface area contributed by atoms with Crippen LogP contribution < -0.4 is 21.4 Å². The second kappa shape index (κ2) is 17.1. The van der Waals surface area contributed by atoms with E-state index in [-0.39, 0.29) is 18.4 Å². The van der Waals surface area contributed by atoms with Crippen molar-refractivity contribution in [1.29, 1.82) is 0 Å². The third-order valence-electron chi connectivity index (χ3n) is 4.82. The van der Waals surface area contributed by atoms with Crippen molar-refractivity contribution in [2.75, 3.05) is 32.6 Å². The lowest BCUT2D eigenvalue weighted by molar-refractivity contribution is -0.133. The number of hydroxylamine groups is 1. The van der Waals surface area contributed by atoms with Gasteiger partial charge < -0.3 is 26.1 Å². The van der Waals surface area contributed by atoms with Gasteiger partial charge in [-0.15, -0.1) is 0 Å². The lowest BCUT2D eigenvalue weighted by Gasteiger charge is -2.24. The Morgan fingerprint density at radius 1 is 0.967 bits per heavy atom. The van der Waals surface area contributed by atoms with Crippen molar-refractivity contribution in [2.24, 2.45) is 5.92 Å². The predicted molar refractivity (Wildman–Crippen MR) is 121 cm³/mol. The topological polar surface area (TPSA) is 123 Å². The van der Waals surface area contributed by atoms with E-state index >= 15 is 0 Å². The van der Waals surface area contributed by atoms with Gasteiger partial charge in [0, 0.05) is 0 Å². The molecule has 5 N–H and O–H groups in total. The molecular weight excluding hydrogens is 385 g/mol. The molecule has 0 unspecified atom stereocenters. The Hall–Kier alpha value is -1.65. The monoisotopic (exact) mass is 427 g/mol. The van der Waals surface area contributed by atoms with E-state index in [4.69, 9.17) is 0 Å². The van der Waals surface area contributed by atoms with E-state index in [1.165, 1.54) is 0 Å². The van der Waals surface area contributed by atoms with Crippen LogP contribution in [0.4, 0.5) is 0 Å². The van der Waals surface area contributed by atoms with Crippen LogP contribution in [-0.4, -0.2) is 80.4 Å². The molecule has 9 nitrogen and oxygen atoms in total. The van der Waals surface area contributed by atoms with Crippen LogP contribution in [0.25, 0.3) is 0 Å². The van der Waals surface area contributed by atoms with E-state index < -0.39 is 23.9 Å². The molecule has 0 fully saturated rings. The Balaban J connectivity index is 4.86. The minimum Gasteiger partial charge on any atom is -0.363 e. The van der Waals surface area contributed by atoms with E-state index in [2.05, 4.69) is 34.7 Å². The zero-order valence-electron chi connectivity index (χ0n) is 19.4. The maximum absolute atomic E-state index is 12.6. The molecule has 0 rings (SSSR count). The Kier molecular flexibility index (Phi) is 16.1. The zero-order chi connectivity index (χ0) is 22.9. The summed E-state index contributed by atoms with van der Waals surface area (Å²) in [6.07, 6.45) is 4.84. The summed E-state index contributed by atoms with van der Waals surface area (Å²) >= 11 is 0. The lowest BCUT2D eigenvalue weighted by atomic mass is 10.0. The number of hydrogen-bond acceptors (Lipinski definition) is 6. The summed E-state index contributed by atoms with van der Waals surface area (Å²) in [5.74, 6) is -1.26. The summed E-state index contributed by atoms with van der Waals surface area (Å²) in [4.78, 5) is 39.1. The average Bonchev–Trinajstić information content (AvgIpc) is 2.69. The molecule has 0 heterocycles. The van der Waals surface area contributed by atoms with E-state index in [1.54, 1.807) is 21.7 Å². The highest BCUT2D eigenvalue weighted by Crippen LogP contribution is 2.07. The number of amides is 3. The second-order valence-corrected chi connectivity index (χ2v) is 7.92. The number of carbonyl (C=O) groups is 3. The largest absolute Gasteiger partial charge is 0.363 e. The van der Waals surface area contributed by atoms with E-state index in [0.29, 0.717) is 12.9 Å². The van der Waals surface area contributed by atoms with Crippen LogP contribution in [0.3, 0.4) is 0 Å². The summed E-state index contributed by atoms with van der Waals surface area (Å²) in [5.41, 5.74) is 2.01. The van der Waals surface area contributed by atoms with Crippen LogP contribution in [0.15, 0.2) is 0 Å². The van der Waals surface area contributed by atoms with Crippen LogP contribution in [0.1, 0.15) is 59.8 Å². The Morgan fingerprint density at radius 3 is 2.10 bits per heavy atom. The highest BCUT2D eigenvalue weighted by atomic mass is 16.5. The molecule has 0 saturated heterocycles. The van der Waals surface area contributed by atoms with Crippen LogP contribution in [0.2, 0.25) is 0 Å². The van der Waals surface area contributed by atoms with Crippen molar-refractivity contribution < 1.29 is 19.6 Å². The normalized spacial score (nSPS) is 13.2. The van der Waals surface area contributed by atoms with Crippen LogP contribution in [-0.2, 0) is 14.4 Å². The minimum atomic E-state index is -0.812. The summed E-state index contributed by atoms with van der Waals surface area (Å²) in [5, 5.41) is 17.2. The van der Waals surface area contributed by atoms with Gasteiger partial charge in [0.2, 0.25) is 17.7 Å². The second-order valence-electron chi connectivity index (χ2n) is 7.92. The Bertz CT molecular complexity index is 502. The van der Waals surface area contributed by atoms with Gasteiger partial charge in [-0.3, -0.25) is 14.4 Å². The molecule has 0 radical (unpaired) electrons. The summed E-state index contributed by atoms with van der Waals surface area (Å²) < 4.78 is 0. The molecule has 0 saturated carbocycles. The van der Waals surface area contributed by atoms with Crippen molar-refractivity contribution in [3.05, 3.63) is 0 Å². The van der Waals surface area contributed by atoms with E-state index in [1.807, 2.05) is 5.48 Å². The lowest BCUT2D eigenvalue weighted by Crippen LogP contribution is -2.54. The molecule has 2 atom stereocenters. The first-order valence-electron chi connectivity index (χ1n) is 11.3. The Labute approximate surface area is 182 Å². The molecule has 3 amide bonds. The number of rotatable bonds is 17. The van der Waals surface area contributed by atoms with Gasteiger partial charge in [0.15, 0.2) is 0 Å². The van der Waals surface area contributed by atoms with Crippen molar-refractivity contribution in [3.63, 3.8) is 0 Å². The molecule has 0 spiro atoms. The predicted octanol–water partition coefficient (Wildman–Crippen LogP) is -0.410. The molecule has 0 aromatic rings. The van der Waals surface area contributed by atoms with Gasteiger partial charge in [0.25, 0.3) is 0 Å². The number of carbonyl (C=O) groups excluding carboxylic acids is 3. The van der Waals surface area contributed by atoms with E-state index in [0.717, 1.165) is 45.3 Å². The van der Waals surface area contributed by atoms with Gasteiger partial charge in [-0.2, -0.15) is 5.48 Å². The highest BCUT2D eigenvalue weighted by molar-refractivity contribution is 6.10. The van der Waals surface area contributed by atoms with Crippen molar-refractivity contribution in [2.45, 2.75) is 71.9 Å². The van der Waals surface area contributed by atoms with E-state index in [9.17, 15) is 19.6 Å². The van der Waals surface area contributed by atoms with Crippen molar-refractivity contribution in [3.8, 4) is 0 Å². The molecule has 0 aromatic carbocycles. The van der Waals surface area contributed by atoms with Crippen LogP contribution in [0.5, 0.6) is 0 Å². The summed E-state index contributed by atoms with van der Waals surface area (Å²) in [6, 6.07) is -1.57. The first-order chi connectivity index (χ1) is 14.3. The fraction of sp³-hybridized carbons (Fsp3) is 0.850. The molecule has 0 aliphatic heterocycles. The fourth-order valence-electron chi connectivity index (χ4n) is 3.24. The molecule has 10 heteroatoms. The molecule has 0 aliphatic rings. The molecular formula is C20H42BN5O4. The quantitative estimate of drug-likeness (QED) is 0.122. The minimum absolute atomic E-state index is 0.133. The number of unbranched alkanes of at least 4 members (excludes halogenated alkanes) is 1. The van der Waals surface area contributed by atoms with Gasteiger partial charge >= 0.3 is 0 Å². The molecule has 0 aliphatic carbocycles. The van der Waals surface area contributed by atoms with Crippen LogP contribution >= 0.6 is 0 Å². The van der Waals surface area contributed by atoms with Crippen molar-refractivity contribution >= 4 is 25.6 Å². The third kappa shape index (κ3) is 12.1. The van der Waals surface area contributed by atoms with Gasteiger partial charge in [-0.05, 0) is 64.1 Å². The van der Waals surface area contributed by atoms with Gasteiger partial charge in [-0.25, -0.2) is 0 Å². The molecule has 0 aromatic heterocycles. The average molecular weight is 427 g/mol. The maximum Gasteiger partial charge on any atom is 0.243 e.